The van der Waals surface area contributed by atoms with E-state index in [-0.39, 0.29) is 48.6 Å². The number of nitrogens with one attached hydrogen (secondary N) is 2. The summed E-state index contributed by atoms with van der Waals surface area (Å²) in [5, 5.41) is 15.9. The first-order chi connectivity index (χ1) is 13.3. The Morgan fingerprint density at radius 2 is 1.83 bits per heavy atom. The Bertz CT molecular complexity index is 817. The number of hydrogen-bond donors (Lipinski definition) is 3. The van der Waals surface area contributed by atoms with Gasteiger partial charge < -0.3 is 25.2 Å². The number of rotatable bonds is 7. The Morgan fingerprint density at radius 1 is 1.10 bits per heavy atom. The minimum Gasteiger partial charge on any atom is -0.508 e. The predicted molar refractivity (Wildman–Crippen MR) is 115 cm³/mol. The minimum atomic E-state index is -4.77. The van der Waals surface area contributed by atoms with Gasteiger partial charge in [-0.25, -0.2) is 4.99 Å². The highest BCUT2D eigenvalue weighted by atomic mass is 127. The summed E-state index contributed by atoms with van der Waals surface area (Å²) in [5.41, 5.74) is 0.881. The molecule has 2 rings (SSSR count). The minimum absolute atomic E-state index is 0. The van der Waals surface area contributed by atoms with Gasteiger partial charge in [-0.3, -0.25) is 0 Å². The van der Waals surface area contributed by atoms with Crippen molar-refractivity contribution in [1.82, 2.24) is 10.6 Å². The molecule has 0 radical (unpaired) electrons. The summed E-state index contributed by atoms with van der Waals surface area (Å²) in [6.07, 6.45) is -4.77. The third-order valence-electron chi connectivity index (χ3n) is 3.68. The van der Waals surface area contributed by atoms with Gasteiger partial charge >= 0.3 is 6.36 Å². The quantitative estimate of drug-likeness (QED) is 0.288. The number of benzene rings is 2. The number of hydrogen-bond acceptors (Lipinski definition) is 4. The summed E-state index contributed by atoms with van der Waals surface area (Å²) in [4.78, 5) is 4.36. The molecule has 2 aromatic carbocycles. The third-order valence-corrected chi connectivity index (χ3v) is 3.68. The summed E-state index contributed by atoms with van der Waals surface area (Å²) in [7, 11) is 1.52. The summed E-state index contributed by atoms with van der Waals surface area (Å²) < 4.78 is 46.8. The highest BCUT2D eigenvalue weighted by Crippen LogP contribution is 2.26. The van der Waals surface area contributed by atoms with Crippen LogP contribution in [-0.2, 0) is 13.1 Å². The molecule has 29 heavy (non-hydrogen) atoms. The number of phenolic OH excluding ortho intramolecular Hbond substituents is 1. The second-order valence-electron chi connectivity index (χ2n) is 5.70. The van der Waals surface area contributed by atoms with Crippen LogP contribution in [0.4, 0.5) is 13.2 Å². The van der Waals surface area contributed by atoms with Crippen LogP contribution in [-0.4, -0.2) is 31.1 Å². The van der Waals surface area contributed by atoms with Crippen molar-refractivity contribution in [3.63, 3.8) is 0 Å². The molecule has 0 bridgehead atoms. The van der Waals surface area contributed by atoms with Crippen LogP contribution in [0.2, 0.25) is 0 Å². The number of aliphatic imine (C=N–C) groups is 1. The maximum Gasteiger partial charge on any atom is 0.573 e. The SMILES string of the molecule is CCNC(=NCc1cc(OC)ccc1O)NCc1ccccc1OC(F)(F)F.I. The summed E-state index contributed by atoms with van der Waals surface area (Å²) >= 11 is 0. The van der Waals surface area contributed by atoms with Crippen LogP contribution >= 0.6 is 24.0 Å². The molecule has 10 heteroatoms. The number of phenols is 1. The molecule has 0 saturated carbocycles. The van der Waals surface area contributed by atoms with E-state index in [4.69, 9.17) is 4.74 Å². The molecule has 160 valence electrons. The molecule has 0 aliphatic carbocycles. The molecule has 0 aromatic heterocycles. The fourth-order valence-electron chi connectivity index (χ4n) is 2.37. The molecule has 3 N–H and O–H groups in total. The van der Waals surface area contributed by atoms with E-state index in [0.717, 1.165) is 0 Å². The van der Waals surface area contributed by atoms with Gasteiger partial charge in [-0.15, -0.1) is 37.1 Å². The van der Waals surface area contributed by atoms with Crippen LogP contribution in [0, 0.1) is 0 Å². The number of nitrogens with zero attached hydrogens (tertiary/aromatic N) is 1. The van der Waals surface area contributed by atoms with E-state index >= 15 is 0 Å². The van der Waals surface area contributed by atoms with Crippen LogP contribution in [0.1, 0.15) is 18.1 Å². The molecule has 0 unspecified atom stereocenters. The van der Waals surface area contributed by atoms with Crippen LogP contribution in [0.5, 0.6) is 17.2 Å². The molecule has 0 fully saturated rings. The number of methoxy groups -OCH3 is 1. The van der Waals surface area contributed by atoms with Crippen molar-refractivity contribution in [2.45, 2.75) is 26.4 Å². The molecule has 2 aromatic rings. The van der Waals surface area contributed by atoms with Gasteiger partial charge in [0, 0.05) is 24.2 Å². The Hall–Kier alpha value is -2.37. The first-order valence-electron chi connectivity index (χ1n) is 8.54. The zero-order valence-electron chi connectivity index (χ0n) is 15.9. The number of halogens is 4. The monoisotopic (exact) mass is 525 g/mol. The normalized spacial score (nSPS) is 11.4. The lowest BCUT2D eigenvalue weighted by molar-refractivity contribution is -0.274. The number of alkyl halides is 3. The molecule has 0 amide bonds. The number of aromatic hydroxyl groups is 1. The molecular weight excluding hydrogens is 502 g/mol. The molecule has 6 nitrogen and oxygen atoms in total. The van der Waals surface area contributed by atoms with Crippen molar-refractivity contribution in [1.29, 1.82) is 0 Å². The van der Waals surface area contributed by atoms with Crippen molar-refractivity contribution < 1.29 is 27.8 Å². The lowest BCUT2D eigenvalue weighted by Crippen LogP contribution is -2.37. The van der Waals surface area contributed by atoms with Crippen molar-refractivity contribution in [2.75, 3.05) is 13.7 Å². The van der Waals surface area contributed by atoms with Crippen molar-refractivity contribution in [3.8, 4) is 17.2 Å². The van der Waals surface area contributed by atoms with Crippen LogP contribution in [0.25, 0.3) is 0 Å². The molecule has 0 aliphatic rings. The molecular formula is C19H23F3IN3O3. The standard InChI is InChI=1S/C19H22F3N3O3.HI/c1-3-23-18(25-12-14-10-15(27-2)8-9-16(14)26)24-11-13-6-4-5-7-17(13)28-19(20,21)22;/h4-10,26H,3,11-12H2,1-2H3,(H2,23,24,25);1H. The van der Waals surface area contributed by atoms with Crippen molar-refractivity contribution in [2.24, 2.45) is 4.99 Å². The Kier molecular flexibility index (Phi) is 9.86. The van der Waals surface area contributed by atoms with Crippen LogP contribution < -0.4 is 20.1 Å². The zero-order valence-corrected chi connectivity index (χ0v) is 18.2. The van der Waals surface area contributed by atoms with E-state index in [1.807, 2.05) is 6.92 Å². The van der Waals surface area contributed by atoms with E-state index in [2.05, 4.69) is 20.4 Å². The zero-order chi connectivity index (χ0) is 20.6. The van der Waals surface area contributed by atoms with Crippen molar-refractivity contribution in [3.05, 3.63) is 53.6 Å². The predicted octanol–water partition coefficient (Wildman–Crippen LogP) is 4.17. The summed E-state index contributed by atoms with van der Waals surface area (Å²) in [5.74, 6) is 0.763. The van der Waals surface area contributed by atoms with E-state index in [1.165, 1.54) is 31.4 Å². The van der Waals surface area contributed by atoms with Gasteiger partial charge in [-0.05, 0) is 31.2 Å². The second kappa shape index (κ2) is 11.6. The van der Waals surface area contributed by atoms with Gasteiger partial charge in [0.1, 0.15) is 17.2 Å². The average Bonchev–Trinajstić information content (AvgIpc) is 2.65. The van der Waals surface area contributed by atoms with E-state index in [0.29, 0.717) is 29.4 Å². The largest absolute Gasteiger partial charge is 0.573 e. The molecule has 0 heterocycles. The van der Waals surface area contributed by atoms with Gasteiger partial charge in [-0.2, -0.15) is 0 Å². The van der Waals surface area contributed by atoms with Gasteiger partial charge in [0.2, 0.25) is 0 Å². The molecule has 0 aliphatic heterocycles. The van der Waals surface area contributed by atoms with Crippen LogP contribution in [0.15, 0.2) is 47.5 Å². The van der Waals surface area contributed by atoms with Gasteiger partial charge in [-0.1, -0.05) is 18.2 Å². The van der Waals surface area contributed by atoms with Crippen LogP contribution in [0.3, 0.4) is 0 Å². The van der Waals surface area contributed by atoms with Crippen molar-refractivity contribution >= 4 is 29.9 Å². The first-order valence-corrected chi connectivity index (χ1v) is 8.54. The maximum absolute atomic E-state index is 12.5. The maximum atomic E-state index is 12.5. The lowest BCUT2D eigenvalue weighted by Gasteiger charge is -2.15. The second-order valence-corrected chi connectivity index (χ2v) is 5.70. The highest BCUT2D eigenvalue weighted by molar-refractivity contribution is 14.0. The van der Waals surface area contributed by atoms with Gasteiger partial charge in [0.05, 0.1) is 13.7 Å². The number of ether oxygens (including phenoxy) is 2. The third kappa shape index (κ3) is 8.26. The van der Waals surface area contributed by atoms with E-state index in [1.54, 1.807) is 18.2 Å². The molecule has 0 atom stereocenters. The first kappa shape index (κ1) is 24.7. The molecule has 0 saturated heterocycles. The van der Waals surface area contributed by atoms with E-state index in [9.17, 15) is 18.3 Å². The highest BCUT2D eigenvalue weighted by Gasteiger charge is 2.31. The molecule has 0 spiro atoms. The lowest BCUT2D eigenvalue weighted by atomic mass is 10.2. The topological polar surface area (TPSA) is 75.1 Å². The number of para-hydroxylation sites is 1. The Balaban J connectivity index is 0.00000420. The Morgan fingerprint density at radius 3 is 2.48 bits per heavy atom. The van der Waals surface area contributed by atoms with Gasteiger partial charge in [0.15, 0.2) is 5.96 Å². The smallest absolute Gasteiger partial charge is 0.508 e. The number of guanidine groups is 1. The average molecular weight is 525 g/mol. The Labute approximate surface area is 184 Å². The fraction of sp³-hybridized carbons (Fsp3) is 0.316. The summed E-state index contributed by atoms with van der Waals surface area (Å²) in [6, 6.07) is 10.7. The summed E-state index contributed by atoms with van der Waals surface area (Å²) in [6.45, 7) is 2.64. The fourth-order valence-corrected chi connectivity index (χ4v) is 2.37. The van der Waals surface area contributed by atoms with Gasteiger partial charge in [0.25, 0.3) is 0 Å². The van der Waals surface area contributed by atoms with E-state index < -0.39 is 6.36 Å².